The maximum Gasteiger partial charge on any atom is 0.264 e. The summed E-state index contributed by atoms with van der Waals surface area (Å²) in [5, 5.41) is 22.6. The van der Waals surface area contributed by atoms with Gasteiger partial charge in [-0.05, 0) is 60.4 Å². The zero-order chi connectivity index (χ0) is 50.8. The quantitative estimate of drug-likeness (QED) is 0.0671. The smallest absolute Gasteiger partial charge is 0.264 e. The minimum atomic E-state index is -3.45. The van der Waals surface area contributed by atoms with E-state index >= 15 is 0 Å². The van der Waals surface area contributed by atoms with E-state index in [0.29, 0.717) is 32.9 Å². The highest BCUT2D eigenvalue weighted by Gasteiger charge is 2.32. The molecule has 2 saturated heterocycles. The van der Waals surface area contributed by atoms with Crippen LogP contribution in [0.2, 0.25) is 10.0 Å². The van der Waals surface area contributed by atoms with E-state index in [1.807, 2.05) is 60.7 Å². The van der Waals surface area contributed by atoms with Gasteiger partial charge in [-0.1, -0.05) is 132 Å². The van der Waals surface area contributed by atoms with Crippen molar-refractivity contribution in [3.8, 4) is 11.5 Å². The van der Waals surface area contributed by atoms with Crippen LogP contribution in [0.5, 0.6) is 11.5 Å². The summed E-state index contributed by atoms with van der Waals surface area (Å²) in [6, 6.07) is 47.6. The fraction of sp³-hybridized carbons (Fsp3) is 0.309. The number of anilines is 2. The third-order valence-corrected chi connectivity index (χ3v) is 13.3. The van der Waals surface area contributed by atoms with Gasteiger partial charge in [0.2, 0.25) is 0 Å². The average Bonchev–Trinajstić information content (AvgIpc) is 3.40. The van der Waals surface area contributed by atoms with Gasteiger partial charge < -0.3 is 34.8 Å². The summed E-state index contributed by atoms with van der Waals surface area (Å²) in [6.45, 7) is 23.6. The Bertz CT molecular complexity index is 2800. The van der Waals surface area contributed by atoms with Crippen molar-refractivity contribution in [1.82, 2.24) is 10.2 Å². The van der Waals surface area contributed by atoms with Crippen LogP contribution in [0.25, 0.3) is 9.69 Å². The molecule has 0 amide bonds. The molecular weight excluding hydrogens is 960 g/mol. The molecule has 3 N–H and O–H groups in total. The molecule has 2 heterocycles. The van der Waals surface area contributed by atoms with Crippen molar-refractivity contribution in [1.29, 1.82) is 0 Å². The molecule has 0 unspecified atom stereocenters. The normalized spacial score (nSPS) is 16.7. The van der Waals surface area contributed by atoms with E-state index in [0.717, 1.165) is 62.5 Å². The molecule has 8 rings (SSSR count). The first-order valence-corrected chi connectivity index (χ1v) is 25.9. The van der Waals surface area contributed by atoms with Crippen LogP contribution in [0.1, 0.15) is 60.3 Å². The molecule has 0 aromatic heterocycles. The second-order valence-corrected chi connectivity index (χ2v) is 19.2. The van der Waals surface area contributed by atoms with Crippen LogP contribution in [0.15, 0.2) is 146 Å². The predicted octanol–water partition coefficient (Wildman–Crippen LogP) is 11.0. The standard InChI is InChI=1S/C27H28ClN3O2.C18H21ClN2O2.C10H11NO3S/c1-20(21-8-10-23(29-2)11-9-21)30-14-15-31(27(19-30)22-6-4-3-5-7-22)26-13-12-24(18-25(26)28)33-17-16-32;19-16-12-15(23-11-10-22)6-7-17(16)21-9-8-20-13-18(21)14-4-2-1-3-5-14;1-8(14-15(3,12)13)9-4-6-10(11-2)7-5-9/h3-13,18,20,27,32H,14-17,19H2,1H3;1-7,12,18,20,22H,8-11,13H2;4-8H,1,3H3/t20-,27+;18-;8-/m100/s1. The second kappa shape index (κ2) is 26.9. The molecule has 0 radical (unpaired) electrons. The van der Waals surface area contributed by atoms with E-state index in [2.05, 4.69) is 97.3 Å². The van der Waals surface area contributed by atoms with Gasteiger partial charge >= 0.3 is 0 Å². The molecule has 0 bridgehead atoms. The highest BCUT2D eigenvalue weighted by molar-refractivity contribution is 7.86. The molecule has 16 heteroatoms. The number of aliphatic hydroxyl groups is 2. The lowest BCUT2D eigenvalue weighted by Gasteiger charge is -2.45. The first-order chi connectivity index (χ1) is 34.3. The van der Waals surface area contributed by atoms with Crippen molar-refractivity contribution in [2.75, 3.05) is 81.8 Å². The minimum absolute atomic E-state index is 0.00670. The Labute approximate surface area is 428 Å². The van der Waals surface area contributed by atoms with Gasteiger partial charge in [-0.3, -0.25) is 9.08 Å². The van der Waals surface area contributed by atoms with Crippen molar-refractivity contribution >= 4 is 56.1 Å². The highest BCUT2D eigenvalue weighted by atomic mass is 35.5. The zero-order valence-corrected chi connectivity index (χ0v) is 42.4. The number of nitrogens with zero attached hydrogens (tertiary/aromatic N) is 5. The van der Waals surface area contributed by atoms with Crippen LogP contribution in [0.4, 0.5) is 22.7 Å². The Kier molecular flexibility index (Phi) is 20.5. The summed E-state index contributed by atoms with van der Waals surface area (Å²) in [5.41, 5.74) is 7.64. The first kappa shape index (κ1) is 54.2. The number of benzene rings is 6. The molecule has 2 fully saturated rings. The van der Waals surface area contributed by atoms with E-state index in [1.54, 1.807) is 31.2 Å². The van der Waals surface area contributed by atoms with Gasteiger partial charge in [0, 0.05) is 57.4 Å². The van der Waals surface area contributed by atoms with Gasteiger partial charge in [0.15, 0.2) is 11.4 Å². The topological polar surface area (TPSA) is 133 Å². The Morgan fingerprint density at radius 3 is 1.61 bits per heavy atom. The summed E-state index contributed by atoms with van der Waals surface area (Å²) in [5.74, 6) is 1.34. The van der Waals surface area contributed by atoms with Crippen molar-refractivity contribution in [2.24, 2.45) is 0 Å². The van der Waals surface area contributed by atoms with Crippen molar-refractivity contribution in [3.63, 3.8) is 0 Å². The molecule has 6 aromatic carbocycles. The zero-order valence-electron chi connectivity index (χ0n) is 40.1. The number of halogens is 2. The predicted molar refractivity (Wildman–Crippen MR) is 284 cm³/mol. The molecule has 2 aliphatic rings. The monoisotopic (exact) mass is 1020 g/mol. The molecule has 4 atom stereocenters. The molecular formula is C55H60Cl2N6O7S. The molecule has 71 heavy (non-hydrogen) atoms. The third-order valence-electron chi connectivity index (χ3n) is 12.1. The van der Waals surface area contributed by atoms with Crippen molar-refractivity contribution in [3.05, 3.63) is 201 Å². The minimum Gasteiger partial charge on any atom is -0.491 e. The number of hydrogen-bond donors (Lipinski definition) is 3. The van der Waals surface area contributed by atoms with Crippen LogP contribution in [0, 0.1) is 13.1 Å². The highest BCUT2D eigenvalue weighted by Crippen LogP contribution is 2.40. The summed E-state index contributed by atoms with van der Waals surface area (Å²) in [7, 11) is -3.45. The number of nitrogens with one attached hydrogen (secondary N) is 1. The number of hydrogen-bond acceptors (Lipinski definition) is 11. The van der Waals surface area contributed by atoms with Gasteiger partial charge in [0.1, 0.15) is 24.7 Å². The Morgan fingerprint density at radius 1 is 0.662 bits per heavy atom. The molecule has 0 spiro atoms. The third kappa shape index (κ3) is 15.7. The van der Waals surface area contributed by atoms with Crippen LogP contribution < -0.4 is 24.6 Å². The SMILES string of the molecule is OCCOc1ccc(N2CCNC[C@H]2c2ccccc2)c(Cl)c1.[C-]#[N+]c1ccc([C@@H](C)N2CCN(c3ccc(OCCO)cc3Cl)[C@H](c3ccccc3)C2)cc1.[C-]#[N+]c1ccc([C@H](C)OS(C)(=O)=O)cc1. The summed E-state index contributed by atoms with van der Waals surface area (Å²) in [6.07, 6.45) is 0.483. The number of ether oxygens (including phenoxy) is 2. The second-order valence-electron chi connectivity index (χ2n) is 16.8. The van der Waals surface area contributed by atoms with E-state index < -0.39 is 16.2 Å². The van der Waals surface area contributed by atoms with E-state index in [-0.39, 0.29) is 44.6 Å². The van der Waals surface area contributed by atoms with Gasteiger partial charge in [-0.2, -0.15) is 8.42 Å². The Hall–Kier alpha value is -6.17. The van der Waals surface area contributed by atoms with E-state index in [4.69, 9.17) is 60.2 Å². The van der Waals surface area contributed by atoms with Gasteiger partial charge in [0.25, 0.3) is 10.1 Å². The molecule has 0 aliphatic carbocycles. The van der Waals surface area contributed by atoms with Gasteiger partial charge in [-0.25, -0.2) is 9.69 Å². The number of piperazine rings is 2. The van der Waals surface area contributed by atoms with Crippen molar-refractivity contribution in [2.45, 2.75) is 38.1 Å². The van der Waals surface area contributed by atoms with Gasteiger partial charge in [0.05, 0.1) is 72.2 Å². The number of aliphatic hydroxyl groups excluding tert-OH is 2. The molecule has 6 aromatic rings. The molecule has 13 nitrogen and oxygen atoms in total. The lowest BCUT2D eigenvalue weighted by Crippen LogP contribution is -2.49. The molecule has 0 saturated carbocycles. The number of rotatable bonds is 15. The molecule has 372 valence electrons. The van der Waals surface area contributed by atoms with Crippen LogP contribution in [-0.4, -0.2) is 95.5 Å². The maximum atomic E-state index is 10.9. The van der Waals surface area contributed by atoms with Crippen LogP contribution in [-0.2, 0) is 14.3 Å². The lowest BCUT2D eigenvalue weighted by molar-refractivity contribution is 0.171. The fourth-order valence-corrected chi connectivity index (χ4v) is 9.69. The maximum absolute atomic E-state index is 10.9. The van der Waals surface area contributed by atoms with Crippen LogP contribution in [0.3, 0.4) is 0 Å². The van der Waals surface area contributed by atoms with E-state index in [1.165, 1.54) is 16.7 Å². The van der Waals surface area contributed by atoms with Crippen molar-refractivity contribution < 1.29 is 32.3 Å². The fourth-order valence-electron chi connectivity index (χ4n) is 8.49. The van der Waals surface area contributed by atoms with E-state index in [9.17, 15) is 8.42 Å². The first-order valence-electron chi connectivity index (χ1n) is 23.3. The largest absolute Gasteiger partial charge is 0.491 e. The Morgan fingerprint density at radius 2 is 1.14 bits per heavy atom. The average molecular weight is 1020 g/mol. The summed E-state index contributed by atoms with van der Waals surface area (Å²) < 4.78 is 37.5. The Balaban J connectivity index is 0.000000188. The lowest BCUT2D eigenvalue weighted by atomic mass is 9.98. The van der Waals surface area contributed by atoms with Crippen LogP contribution >= 0.6 is 23.2 Å². The summed E-state index contributed by atoms with van der Waals surface area (Å²) in [4.78, 5) is 13.9. The molecule has 2 aliphatic heterocycles. The summed E-state index contributed by atoms with van der Waals surface area (Å²) >= 11 is 13.2. The van der Waals surface area contributed by atoms with Gasteiger partial charge in [-0.15, -0.1) is 0 Å².